The van der Waals surface area contributed by atoms with E-state index >= 15 is 0 Å². The van der Waals surface area contributed by atoms with E-state index in [9.17, 15) is 19.8 Å². The summed E-state index contributed by atoms with van der Waals surface area (Å²) >= 11 is 6.33. The summed E-state index contributed by atoms with van der Waals surface area (Å²) in [5.74, 6) is -1.82. The van der Waals surface area contributed by atoms with Crippen LogP contribution in [0, 0.1) is 0 Å². The van der Waals surface area contributed by atoms with E-state index in [1.807, 2.05) is 0 Å². The summed E-state index contributed by atoms with van der Waals surface area (Å²) in [7, 11) is 2.78. The molecule has 4 N–H and O–H groups in total. The third kappa shape index (κ3) is 5.94. The van der Waals surface area contributed by atoms with Crippen molar-refractivity contribution < 1.29 is 29.3 Å². The molecule has 158 valence electrons. The smallest absolute Gasteiger partial charge is 0.331 e. The summed E-state index contributed by atoms with van der Waals surface area (Å²) in [6.07, 6.45) is 2.53. The van der Waals surface area contributed by atoms with E-state index < -0.39 is 11.8 Å². The lowest BCUT2D eigenvalue weighted by Crippen LogP contribution is -2.35. The summed E-state index contributed by atoms with van der Waals surface area (Å²) in [6, 6.07) is 6.07. The summed E-state index contributed by atoms with van der Waals surface area (Å²) < 4.78 is 10.8. The maximum Gasteiger partial charge on any atom is 0.331 e. The Kier molecular flexibility index (Phi) is 8.18. The SMILES string of the molecule is COc1cc(C=NNC(=O)C(=O)NN=Cc2cc(Br)c(O)c(OC)c2)cc(Br)c1O. The summed E-state index contributed by atoms with van der Waals surface area (Å²) in [5, 5.41) is 26.9. The molecule has 0 atom stereocenters. The van der Waals surface area contributed by atoms with Crippen molar-refractivity contribution in [1.82, 2.24) is 10.9 Å². The number of hydrogen-bond acceptors (Lipinski definition) is 8. The number of benzene rings is 2. The number of phenolic OH excluding ortho intramolecular Hbond substituents is 2. The number of ether oxygens (including phenoxy) is 2. The van der Waals surface area contributed by atoms with Crippen molar-refractivity contribution in [3.63, 3.8) is 0 Å². The number of aromatic hydroxyl groups is 2. The molecule has 10 nitrogen and oxygen atoms in total. The Morgan fingerprint density at radius 2 is 1.20 bits per heavy atom. The van der Waals surface area contributed by atoms with Crippen LogP contribution in [0.4, 0.5) is 0 Å². The fourth-order valence-electron chi connectivity index (χ4n) is 2.08. The zero-order chi connectivity index (χ0) is 22.3. The van der Waals surface area contributed by atoms with Gasteiger partial charge in [-0.15, -0.1) is 0 Å². The van der Waals surface area contributed by atoms with Gasteiger partial charge < -0.3 is 19.7 Å². The van der Waals surface area contributed by atoms with Crippen LogP contribution in [-0.4, -0.2) is 48.7 Å². The molecular formula is C18H16Br2N4O6. The highest BCUT2D eigenvalue weighted by Crippen LogP contribution is 2.35. The number of carbonyl (C=O) groups excluding carboxylic acids is 2. The second-order valence-corrected chi connectivity index (χ2v) is 7.21. The average molecular weight is 544 g/mol. The highest BCUT2D eigenvalue weighted by Gasteiger charge is 2.12. The fraction of sp³-hybridized carbons (Fsp3) is 0.111. The fourth-order valence-corrected chi connectivity index (χ4v) is 3.00. The van der Waals surface area contributed by atoms with Gasteiger partial charge in [-0.2, -0.15) is 10.2 Å². The van der Waals surface area contributed by atoms with Crippen molar-refractivity contribution in [3.05, 3.63) is 44.3 Å². The van der Waals surface area contributed by atoms with Crippen LogP contribution in [0.1, 0.15) is 11.1 Å². The lowest BCUT2D eigenvalue weighted by atomic mass is 10.2. The third-order valence-electron chi connectivity index (χ3n) is 3.51. The molecule has 0 spiro atoms. The Balaban J connectivity index is 1.95. The summed E-state index contributed by atoms with van der Waals surface area (Å²) in [6.45, 7) is 0. The maximum atomic E-state index is 11.8. The lowest BCUT2D eigenvalue weighted by molar-refractivity contribution is -0.139. The quantitative estimate of drug-likeness (QED) is 0.250. The van der Waals surface area contributed by atoms with Crippen LogP contribution in [-0.2, 0) is 9.59 Å². The molecule has 0 fully saturated rings. The van der Waals surface area contributed by atoms with Gasteiger partial charge in [0.15, 0.2) is 23.0 Å². The molecule has 0 heterocycles. The monoisotopic (exact) mass is 542 g/mol. The molecule has 2 aromatic carbocycles. The molecule has 0 unspecified atom stereocenters. The number of rotatable bonds is 6. The molecule has 2 rings (SSSR count). The van der Waals surface area contributed by atoms with E-state index in [0.29, 0.717) is 20.1 Å². The maximum absolute atomic E-state index is 11.8. The van der Waals surface area contributed by atoms with Gasteiger partial charge in [-0.1, -0.05) is 0 Å². The van der Waals surface area contributed by atoms with Crippen molar-refractivity contribution >= 4 is 56.1 Å². The van der Waals surface area contributed by atoms with Gasteiger partial charge in [-0.25, -0.2) is 10.9 Å². The minimum absolute atomic E-state index is 0.0748. The second-order valence-electron chi connectivity index (χ2n) is 5.51. The minimum atomic E-state index is -1.04. The Hall–Kier alpha value is -3.12. The van der Waals surface area contributed by atoms with Crippen LogP contribution in [0.15, 0.2) is 43.4 Å². The van der Waals surface area contributed by atoms with Gasteiger partial charge in [0.2, 0.25) is 0 Å². The van der Waals surface area contributed by atoms with E-state index in [1.54, 1.807) is 12.1 Å². The molecule has 0 radical (unpaired) electrons. The topological polar surface area (TPSA) is 142 Å². The highest BCUT2D eigenvalue weighted by atomic mass is 79.9. The Bertz CT molecular complexity index is 945. The molecule has 2 aromatic rings. The zero-order valence-electron chi connectivity index (χ0n) is 15.6. The van der Waals surface area contributed by atoms with Gasteiger partial charge >= 0.3 is 11.8 Å². The molecule has 0 aliphatic heterocycles. The van der Waals surface area contributed by atoms with Crippen molar-refractivity contribution in [2.75, 3.05) is 14.2 Å². The minimum Gasteiger partial charge on any atom is -0.503 e. The number of carbonyl (C=O) groups is 2. The molecule has 0 aliphatic carbocycles. The summed E-state index contributed by atoms with van der Waals surface area (Å²) in [4.78, 5) is 23.5. The Labute approximate surface area is 187 Å². The predicted octanol–water partition coefficient (Wildman–Crippen LogP) is 2.24. The molecule has 0 bridgehead atoms. The standard InChI is InChI=1S/C18H16Br2N4O6/c1-29-13-5-9(3-11(19)15(13)25)7-21-23-17(27)18(28)24-22-8-10-4-12(20)16(26)14(6-10)30-2/h3-8,25-26H,1-2H3,(H,23,27)(H,24,28). The number of amides is 2. The van der Waals surface area contributed by atoms with E-state index in [1.165, 1.54) is 38.8 Å². The van der Waals surface area contributed by atoms with E-state index in [0.717, 1.165) is 0 Å². The number of nitrogens with zero attached hydrogens (tertiary/aromatic N) is 2. The lowest BCUT2D eigenvalue weighted by Gasteiger charge is -2.06. The Morgan fingerprint density at radius 1 is 0.833 bits per heavy atom. The number of phenols is 2. The number of halogens is 2. The van der Waals surface area contributed by atoms with Crippen LogP contribution in [0.2, 0.25) is 0 Å². The zero-order valence-corrected chi connectivity index (χ0v) is 18.8. The molecule has 2 amide bonds. The number of hydrogen-bond donors (Lipinski definition) is 4. The Morgan fingerprint density at radius 3 is 1.53 bits per heavy atom. The van der Waals surface area contributed by atoms with Gasteiger partial charge in [0, 0.05) is 0 Å². The van der Waals surface area contributed by atoms with Crippen LogP contribution in [0.5, 0.6) is 23.0 Å². The molecule has 0 saturated heterocycles. The van der Waals surface area contributed by atoms with E-state index in [-0.39, 0.29) is 23.0 Å². The number of nitrogens with one attached hydrogen (secondary N) is 2. The highest BCUT2D eigenvalue weighted by molar-refractivity contribution is 9.10. The number of methoxy groups -OCH3 is 2. The molecule has 0 aromatic heterocycles. The van der Waals surface area contributed by atoms with Crippen LogP contribution >= 0.6 is 31.9 Å². The first-order chi connectivity index (χ1) is 14.3. The predicted molar refractivity (Wildman–Crippen MR) is 116 cm³/mol. The molecule has 0 saturated carbocycles. The first-order valence-electron chi connectivity index (χ1n) is 8.06. The van der Waals surface area contributed by atoms with Crippen molar-refractivity contribution in [3.8, 4) is 23.0 Å². The molecule has 0 aliphatic rings. The van der Waals surface area contributed by atoms with Crippen molar-refractivity contribution in [1.29, 1.82) is 0 Å². The van der Waals surface area contributed by atoms with Crippen molar-refractivity contribution in [2.24, 2.45) is 10.2 Å². The molecular weight excluding hydrogens is 528 g/mol. The van der Waals surface area contributed by atoms with Gasteiger partial charge in [-0.3, -0.25) is 9.59 Å². The summed E-state index contributed by atoms with van der Waals surface area (Å²) in [5.41, 5.74) is 5.11. The first-order valence-corrected chi connectivity index (χ1v) is 9.64. The largest absolute Gasteiger partial charge is 0.503 e. The van der Waals surface area contributed by atoms with Gasteiger partial charge in [0.05, 0.1) is 35.6 Å². The molecule has 12 heteroatoms. The van der Waals surface area contributed by atoms with Gasteiger partial charge in [0.25, 0.3) is 0 Å². The van der Waals surface area contributed by atoms with E-state index in [4.69, 9.17) is 9.47 Å². The second kappa shape index (κ2) is 10.6. The first kappa shape index (κ1) is 23.2. The van der Waals surface area contributed by atoms with Gasteiger partial charge in [0.1, 0.15) is 0 Å². The van der Waals surface area contributed by atoms with Crippen LogP contribution < -0.4 is 20.3 Å². The van der Waals surface area contributed by atoms with Crippen LogP contribution in [0.25, 0.3) is 0 Å². The average Bonchev–Trinajstić information content (AvgIpc) is 2.72. The third-order valence-corrected chi connectivity index (χ3v) is 4.72. The normalized spacial score (nSPS) is 10.9. The van der Waals surface area contributed by atoms with Gasteiger partial charge in [-0.05, 0) is 67.3 Å². The van der Waals surface area contributed by atoms with Crippen molar-refractivity contribution in [2.45, 2.75) is 0 Å². The van der Waals surface area contributed by atoms with Crippen LogP contribution in [0.3, 0.4) is 0 Å². The van der Waals surface area contributed by atoms with E-state index in [2.05, 4.69) is 52.9 Å². The molecule has 30 heavy (non-hydrogen) atoms. The number of hydrazone groups is 2.